The van der Waals surface area contributed by atoms with Crippen molar-refractivity contribution >= 4 is 23.2 Å². The monoisotopic (exact) mass is 366 g/mol. The predicted octanol–water partition coefficient (Wildman–Crippen LogP) is 5.71. The summed E-state index contributed by atoms with van der Waals surface area (Å²) in [7, 11) is 0. The summed E-state index contributed by atoms with van der Waals surface area (Å²) in [6.07, 6.45) is 7.51. The third kappa shape index (κ3) is 5.22. The minimum absolute atomic E-state index is 0.148. The van der Waals surface area contributed by atoms with Crippen molar-refractivity contribution in [3.05, 3.63) is 47.7 Å². The van der Waals surface area contributed by atoms with Gasteiger partial charge in [0.2, 0.25) is 0 Å². The van der Waals surface area contributed by atoms with Crippen LogP contribution in [0, 0.1) is 6.92 Å². The highest BCUT2D eigenvalue weighted by molar-refractivity contribution is 5.89. The Morgan fingerprint density at radius 3 is 2.56 bits per heavy atom. The van der Waals surface area contributed by atoms with E-state index in [4.69, 9.17) is 0 Å². The summed E-state index contributed by atoms with van der Waals surface area (Å²) in [5, 5.41) is 9.37. The third-order valence-corrected chi connectivity index (χ3v) is 5.14. The molecule has 0 saturated heterocycles. The number of amides is 2. The molecule has 5 heteroatoms. The second kappa shape index (κ2) is 8.89. The molecule has 0 radical (unpaired) electrons. The van der Waals surface area contributed by atoms with Crippen molar-refractivity contribution in [1.29, 1.82) is 0 Å². The largest absolute Gasteiger partial charge is 0.340 e. The third-order valence-electron chi connectivity index (χ3n) is 5.14. The van der Waals surface area contributed by atoms with Crippen molar-refractivity contribution in [1.82, 2.24) is 10.3 Å². The van der Waals surface area contributed by atoms with Crippen LogP contribution in [-0.4, -0.2) is 17.1 Å². The molecular formula is C22H30N4O. The number of para-hydroxylation sites is 1. The normalized spacial score (nSPS) is 14.8. The molecule has 1 heterocycles. The van der Waals surface area contributed by atoms with Gasteiger partial charge in [0.1, 0.15) is 5.82 Å². The Morgan fingerprint density at radius 2 is 1.89 bits per heavy atom. The standard InChI is InChI=1S/C22H30N4O/c1-15(2)19-11-7-8-16(3)21(19)26-20-13-12-18(14-23-20)25-22(27)24-17-9-5-4-6-10-17/h7-8,11-15,17H,4-6,9-10H2,1-3H3,(H,23,26)(H2,24,25,27). The van der Waals surface area contributed by atoms with E-state index in [9.17, 15) is 4.79 Å². The van der Waals surface area contributed by atoms with E-state index in [2.05, 4.69) is 59.9 Å². The molecule has 0 spiro atoms. The highest BCUT2D eigenvalue weighted by Crippen LogP contribution is 2.29. The van der Waals surface area contributed by atoms with Crippen LogP contribution in [0.5, 0.6) is 0 Å². The number of urea groups is 1. The zero-order chi connectivity index (χ0) is 19.2. The van der Waals surface area contributed by atoms with E-state index in [1.807, 2.05) is 12.1 Å². The molecule has 2 amide bonds. The van der Waals surface area contributed by atoms with E-state index in [1.54, 1.807) is 6.20 Å². The van der Waals surface area contributed by atoms with Crippen molar-refractivity contribution in [2.24, 2.45) is 0 Å². The molecule has 1 aliphatic carbocycles. The van der Waals surface area contributed by atoms with Crippen molar-refractivity contribution in [2.45, 2.75) is 64.8 Å². The summed E-state index contributed by atoms with van der Waals surface area (Å²) in [5.41, 5.74) is 4.27. The maximum Gasteiger partial charge on any atom is 0.319 e. The van der Waals surface area contributed by atoms with Gasteiger partial charge in [-0.2, -0.15) is 0 Å². The first-order chi connectivity index (χ1) is 13.0. The van der Waals surface area contributed by atoms with Crippen LogP contribution >= 0.6 is 0 Å². The van der Waals surface area contributed by atoms with Gasteiger partial charge in [0.25, 0.3) is 0 Å². The number of carbonyl (C=O) groups is 1. The average molecular weight is 367 g/mol. The van der Waals surface area contributed by atoms with E-state index in [0.717, 1.165) is 24.3 Å². The van der Waals surface area contributed by atoms with Crippen LogP contribution in [0.3, 0.4) is 0 Å². The minimum atomic E-state index is -0.148. The Kier molecular flexibility index (Phi) is 6.32. The zero-order valence-electron chi connectivity index (χ0n) is 16.5. The molecule has 2 aromatic rings. The molecular weight excluding hydrogens is 336 g/mol. The number of pyridine rings is 1. The van der Waals surface area contributed by atoms with E-state index < -0.39 is 0 Å². The number of nitrogens with one attached hydrogen (secondary N) is 3. The molecule has 0 bridgehead atoms. The molecule has 1 aliphatic rings. The smallest absolute Gasteiger partial charge is 0.319 e. The van der Waals surface area contributed by atoms with Crippen LogP contribution in [0.15, 0.2) is 36.5 Å². The van der Waals surface area contributed by atoms with Gasteiger partial charge in [-0.25, -0.2) is 9.78 Å². The number of hydrogen-bond acceptors (Lipinski definition) is 3. The molecule has 3 N–H and O–H groups in total. The van der Waals surface area contributed by atoms with Gasteiger partial charge < -0.3 is 16.0 Å². The number of aromatic nitrogens is 1. The van der Waals surface area contributed by atoms with Crippen LogP contribution in [0.2, 0.25) is 0 Å². The predicted molar refractivity (Wildman–Crippen MR) is 112 cm³/mol. The number of benzene rings is 1. The lowest BCUT2D eigenvalue weighted by Crippen LogP contribution is -2.39. The van der Waals surface area contributed by atoms with Gasteiger partial charge in [-0.05, 0) is 48.9 Å². The van der Waals surface area contributed by atoms with Gasteiger partial charge in [0.15, 0.2) is 0 Å². The number of aryl methyl sites for hydroxylation is 1. The SMILES string of the molecule is Cc1cccc(C(C)C)c1Nc1ccc(NC(=O)NC2CCCCC2)cn1. The van der Waals surface area contributed by atoms with Gasteiger partial charge in [-0.3, -0.25) is 0 Å². The summed E-state index contributed by atoms with van der Waals surface area (Å²) in [5.74, 6) is 1.20. The number of hydrogen-bond donors (Lipinski definition) is 3. The van der Waals surface area contributed by atoms with Crippen molar-refractivity contribution in [3.8, 4) is 0 Å². The van der Waals surface area contributed by atoms with Crippen LogP contribution in [0.25, 0.3) is 0 Å². The lowest BCUT2D eigenvalue weighted by Gasteiger charge is -2.22. The van der Waals surface area contributed by atoms with E-state index in [1.165, 1.54) is 30.4 Å². The Morgan fingerprint density at radius 1 is 1.11 bits per heavy atom. The maximum atomic E-state index is 12.2. The van der Waals surface area contributed by atoms with E-state index in [0.29, 0.717) is 17.6 Å². The van der Waals surface area contributed by atoms with E-state index >= 15 is 0 Å². The van der Waals surface area contributed by atoms with Crippen LogP contribution < -0.4 is 16.0 Å². The number of anilines is 3. The quantitative estimate of drug-likeness (QED) is 0.635. The fourth-order valence-corrected chi connectivity index (χ4v) is 3.61. The zero-order valence-corrected chi connectivity index (χ0v) is 16.5. The van der Waals surface area contributed by atoms with Gasteiger partial charge in [0, 0.05) is 11.7 Å². The number of nitrogens with zero attached hydrogens (tertiary/aromatic N) is 1. The van der Waals surface area contributed by atoms with Crippen LogP contribution in [0.1, 0.15) is 63.0 Å². The van der Waals surface area contributed by atoms with Crippen molar-refractivity contribution in [2.75, 3.05) is 10.6 Å². The van der Waals surface area contributed by atoms with Gasteiger partial charge in [0.05, 0.1) is 11.9 Å². The summed E-state index contributed by atoms with van der Waals surface area (Å²) in [4.78, 5) is 16.6. The van der Waals surface area contributed by atoms with Crippen molar-refractivity contribution in [3.63, 3.8) is 0 Å². The Bertz CT molecular complexity index is 764. The molecule has 144 valence electrons. The molecule has 1 saturated carbocycles. The first kappa shape index (κ1) is 19.2. The molecule has 0 aliphatic heterocycles. The Labute approximate surface area is 162 Å². The van der Waals surface area contributed by atoms with Gasteiger partial charge >= 0.3 is 6.03 Å². The highest BCUT2D eigenvalue weighted by Gasteiger charge is 2.15. The fourth-order valence-electron chi connectivity index (χ4n) is 3.61. The molecule has 1 aromatic carbocycles. The van der Waals surface area contributed by atoms with Gasteiger partial charge in [-0.15, -0.1) is 0 Å². The van der Waals surface area contributed by atoms with Crippen LogP contribution in [0.4, 0.5) is 22.0 Å². The topological polar surface area (TPSA) is 66.0 Å². The molecule has 1 aromatic heterocycles. The first-order valence-corrected chi connectivity index (χ1v) is 9.93. The molecule has 5 nitrogen and oxygen atoms in total. The fraction of sp³-hybridized carbons (Fsp3) is 0.455. The summed E-state index contributed by atoms with van der Waals surface area (Å²) in [6, 6.07) is 10.2. The molecule has 0 unspecified atom stereocenters. The van der Waals surface area contributed by atoms with Crippen molar-refractivity contribution < 1.29 is 4.79 Å². The summed E-state index contributed by atoms with van der Waals surface area (Å²) in [6.45, 7) is 6.47. The molecule has 1 fully saturated rings. The van der Waals surface area contributed by atoms with Gasteiger partial charge in [-0.1, -0.05) is 51.3 Å². The second-order valence-electron chi connectivity index (χ2n) is 7.68. The second-order valence-corrected chi connectivity index (χ2v) is 7.68. The minimum Gasteiger partial charge on any atom is -0.340 e. The Hall–Kier alpha value is -2.56. The molecule has 3 rings (SSSR count). The van der Waals surface area contributed by atoms with Crippen LogP contribution in [-0.2, 0) is 0 Å². The highest BCUT2D eigenvalue weighted by atomic mass is 16.2. The number of rotatable bonds is 5. The summed E-state index contributed by atoms with van der Waals surface area (Å²) < 4.78 is 0. The molecule has 0 atom stereocenters. The average Bonchev–Trinajstić information content (AvgIpc) is 2.65. The van der Waals surface area contributed by atoms with E-state index in [-0.39, 0.29) is 6.03 Å². The summed E-state index contributed by atoms with van der Waals surface area (Å²) >= 11 is 0. The Balaban J connectivity index is 1.61. The molecule has 27 heavy (non-hydrogen) atoms. The lowest BCUT2D eigenvalue weighted by atomic mass is 9.96. The lowest BCUT2D eigenvalue weighted by molar-refractivity contribution is 0.244. The number of carbonyl (C=O) groups excluding carboxylic acids is 1. The maximum absolute atomic E-state index is 12.2. The first-order valence-electron chi connectivity index (χ1n) is 9.93.